The molecule has 2 N–H and O–H groups in total. The summed E-state index contributed by atoms with van der Waals surface area (Å²) in [6.07, 6.45) is 7.55. The molecule has 4 rings (SSSR count). The zero-order valence-electron chi connectivity index (χ0n) is 15.8. The van der Waals surface area contributed by atoms with Gasteiger partial charge in [-0.1, -0.05) is 31.4 Å². The van der Waals surface area contributed by atoms with Crippen molar-refractivity contribution >= 4 is 17.5 Å². The van der Waals surface area contributed by atoms with Crippen molar-refractivity contribution in [1.29, 1.82) is 0 Å². The molecule has 0 spiro atoms. The molecule has 0 heterocycles. The first-order valence-electron chi connectivity index (χ1n) is 10.1. The monoisotopic (exact) mass is 380 g/mol. The number of anilines is 1. The largest absolute Gasteiger partial charge is 0.353 e. The number of rotatable bonds is 5. The van der Waals surface area contributed by atoms with Crippen molar-refractivity contribution < 1.29 is 14.0 Å². The van der Waals surface area contributed by atoms with Crippen LogP contribution in [0.3, 0.4) is 0 Å². The third-order valence-electron chi connectivity index (χ3n) is 5.93. The molecule has 2 aromatic carbocycles. The van der Waals surface area contributed by atoms with Crippen LogP contribution in [0.25, 0.3) is 0 Å². The Hall–Kier alpha value is -2.69. The molecule has 2 aliphatic carbocycles. The van der Waals surface area contributed by atoms with Crippen LogP contribution in [-0.4, -0.2) is 17.9 Å². The quantitative estimate of drug-likeness (QED) is 0.799. The Morgan fingerprint density at radius 1 is 0.893 bits per heavy atom. The second-order valence-electron chi connectivity index (χ2n) is 7.93. The number of benzene rings is 2. The van der Waals surface area contributed by atoms with Crippen molar-refractivity contribution in [2.75, 3.05) is 5.32 Å². The van der Waals surface area contributed by atoms with Gasteiger partial charge < -0.3 is 10.6 Å². The molecule has 0 atom stereocenters. The fraction of sp³-hybridized carbons (Fsp3) is 0.391. The lowest BCUT2D eigenvalue weighted by atomic mass is 9.91. The molecular formula is C23H25FN2O2. The van der Waals surface area contributed by atoms with Gasteiger partial charge in [0.05, 0.1) is 5.41 Å². The fourth-order valence-corrected chi connectivity index (χ4v) is 4.02. The summed E-state index contributed by atoms with van der Waals surface area (Å²) in [5, 5.41) is 6.06. The average Bonchev–Trinajstić information content (AvgIpc) is 3.52. The Morgan fingerprint density at radius 2 is 1.54 bits per heavy atom. The van der Waals surface area contributed by atoms with Crippen LogP contribution in [0.2, 0.25) is 0 Å². The Labute approximate surface area is 164 Å². The van der Waals surface area contributed by atoms with Crippen LogP contribution in [0.1, 0.15) is 60.9 Å². The molecule has 2 saturated carbocycles. The number of carbonyl (C=O) groups is 2. The molecule has 0 radical (unpaired) electrons. The van der Waals surface area contributed by atoms with Gasteiger partial charge in [0, 0.05) is 17.3 Å². The van der Waals surface area contributed by atoms with E-state index in [1.54, 1.807) is 0 Å². The van der Waals surface area contributed by atoms with Crippen LogP contribution < -0.4 is 10.6 Å². The molecule has 0 saturated heterocycles. The van der Waals surface area contributed by atoms with Gasteiger partial charge in [-0.15, -0.1) is 0 Å². The van der Waals surface area contributed by atoms with Crippen LogP contribution >= 0.6 is 0 Å². The van der Waals surface area contributed by atoms with E-state index in [1.165, 1.54) is 43.5 Å². The number of halogens is 1. The zero-order chi connectivity index (χ0) is 19.6. The van der Waals surface area contributed by atoms with Crippen LogP contribution in [-0.2, 0) is 10.2 Å². The van der Waals surface area contributed by atoms with Gasteiger partial charge in [0.2, 0.25) is 5.91 Å². The summed E-state index contributed by atoms with van der Waals surface area (Å²) in [6, 6.07) is 13.2. The fourth-order valence-electron chi connectivity index (χ4n) is 4.02. The summed E-state index contributed by atoms with van der Waals surface area (Å²) >= 11 is 0. The topological polar surface area (TPSA) is 58.2 Å². The zero-order valence-corrected chi connectivity index (χ0v) is 15.8. The lowest BCUT2D eigenvalue weighted by molar-refractivity contribution is -0.124. The molecule has 0 aromatic heterocycles. The van der Waals surface area contributed by atoms with E-state index in [0.717, 1.165) is 31.2 Å². The molecule has 2 aliphatic rings. The number of amides is 2. The molecule has 5 heteroatoms. The van der Waals surface area contributed by atoms with E-state index in [0.29, 0.717) is 17.3 Å². The lowest BCUT2D eigenvalue weighted by Crippen LogP contribution is -2.42. The smallest absolute Gasteiger partial charge is 0.255 e. The SMILES string of the molecule is O=C(Nc1ccc(C2(C(=O)NC3CCCCC3)CC2)cc1)c1ccc(F)cc1. The van der Waals surface area contributed by atoms with E-state index in [2.05, 4.69) is 10.6 Å². The van der Waals surface area contributed by atoms with Crippen molar-refractivity contribution in [2.45, 2.75) is 56.4 Å². The maximum atomic E-state index is 13.0. The van der Waals surface area contributed by atoms with E-state index in [9.17, 15) is 14.0 Å². The van der Waals surface area contributed by atoms with Crippen LogP contribution in [0, 0.1) is 5.82 Å². The van der Waals surface area contributed by atoms with Crippen LogP contribution in [0.5, 0.6) is 0 Å². The number of nitrogens with one attached hydrogen (secondary N) is 2. The van der Waals surface area contributed by atoms with Gasteiger partial charge in [-0.3, -0.25) is 9.59 Å². The van der Waals surface area contributed by atoms with Gasteiger partial charge in [0.1, 0.15) is 5.82 Å². The Morgan fingerprint density at radius 3 is 2.14 bits per heavy atom. The number of carbonyl (C=O) groups excluding carboxylic acids is 2. The first kappa shape index (κ1) is 18.7. The predicted molar refractivity (Wildman–Crippen MR) is 107 cm³/mol. The van der Waals surface area contributed by atoms with Gasteiger partial charge in [-0.2, -0.15) is 0 Å². The van der Waals surface area contributed by atoms with E-state index in [4.69, 9.17) is 0 Å². The van der Waals surface area contributed by atoms with Gasteiger partial charge in [0.15, 0.2) is 0 Å². The second-order valence-corrected chi connectivity index (χ2v) is 7.93. The van der Waals surface area contributed by atoms with E-state index >= 15 is 0 Å². The highest BCUT2D eigenvalue weighted by atomic mass is 19.1. The third kappa shape index (κ3) is 3.93. The summed E-state index contributed by atoms with van der Waals surface area (Å²) < 4.78 is 13.0. The molecule has 0 aliphatic heterocycles. The molecule has 146 valence electrons. The Kier molecular flexibility index (Phi) is 5.16. The van der Waals surface area contributed by atoms with Gasteiger partial charge in [-0.05, 0) is 67.6 Å². The summed E-state index contributed by atoms with van der Waals surface area (Å²) in [5.41, 5.74) is 1.65. The van der Waals surface area contributed by atoms with Gasteiger partial charge >= 0.3 is 0 Å². The van der Waals surface area contributed by atoms with Crippen molar-refractivity contribution in [3.05, 3.63) is 65.5 Å². The molecule has 2 fully saturated rings. The van der Waals surface area contributed by atoms with E-state index in [1.807, 2.05) is 24.3 Å². The first-order chi connectivity index (χ1) is 13.6. The van der Waals surface area contributed by atoms with Crippen molar-refractivity contribution in [2.24, 2.45) is 0 Å². The maximum absolute atomic E-state index is 13.0. The lowest BCUT2D eigenvalue weighted by Gasteiger charge is -2.25. The van der Waals surface area contributed by atoms with E-state index < -0.39 is 5.41 Å². The minimum Gasteiger partial charge on any atom is -0.353 e. The Bertz CT molecular complexity index is 851. The highest BCUT2D eigenvalue weighted by Crippen LogP contribution is 2.48. The average molecular weight is 380 g/mol. The first-order valence-corrected chi connectivity index (χ1v) is 10.1. The highest BCUT2D eigenvalue weighted by molar-refractivity contribution is 6.04. The molecule has 28 heavy (non-hydrogen) atoms. The van der Waals surface area contributed by atoms with Crippen molar-refractivity contribution in [3.8, 4) is 0 Å². The molecule has 2 aromatic rings. The standard InChI is InChI=1S/C23H25FN2O2/c24-18-10-6-16(7-11-18)21(27)25-20-12-8-17(9-13-20)23(14-15-23)22(28)26-19-4-2-1-3-5-19/h6-13,19H,1-5,14-15H2,(H,25,27)(H,26,28). The maximum Gasteiger partial charge on any atom is 0.255 e. The Balaban J connectivity index is 1.40. The number of hydrogen-bond acceptors (Lipinski definition) is 2. The third-order valence-corrected chi connectivity index (χ3v) is 5.93. The van der Waals surface area contributed by atoms with Crippen LogP contribution in [0.4, 0.5) is 10.1 Å². The summed E-state index contributed by atoms with van der Waals surface area (Å²) in [7, 11) is 0. The summed E-state index contributed by atoms with van der Waals surface area (Å²) in [6.45, 7) is 0. The minimum absolute atomic E-state index is 0.141. The molecule has 2 amide bonds. The molecular weight excluding hydrogens is 355 g/mol. The van der Waals surface area contributed by atoms with Crippen molar-refractivity contribution in [3.63, 3.8) is 0 Å². The molecule has 0 bridgehead atoms. The van der Waals surface area contributed by atoms with E-state index in [-0.39, 0.29) is 17.6 Å². The number of hydrogen-bond donors (Lipinski definition) is 2. The summed E-state index contributed by atoms with van der Waals surface area (Å²) in [4.78, 5) is 25.1. The normalized spacial score (nSPS) is 18.3. The molecule has 4 nitrogen and oxygen atoms in total. The highest BCUT2D eigenvalue weighted by Gasteiger charge is 2.51. The minimum atomic E-state index is -0.406. The van der Waals surface area contributed by atoms with Crippen LogP contribution in [0.15, 0.2) is 48.5 Å². The second kappa shape index (κ2) is 7.74. The molecule has 0 unspecified atom stereocenters. The van der Waals surface area contributed by atoms with Gasteiger partial charge in [-0.25, -0.2) is 4.39 Å². The van der Waals surface area contributed by atoms with Crippen molar-refractivity contribution in [1.82, 2.24) is 5.32 Å². The summed E-state index contributed by atoms with van der Waals surface area (Å²) in [5.74, 6) is -0.520. The van der Waals surface area contributed by atoms with Gasteiger partial charge in [0.25, 0.3) is 5.91 Å². The predicted octanol–water partition coefficient (Wildman–Crippen LogP) is 4.56.